The van der Waals surface area contributed by atoms with Crippen LogP contribution in [0.15, 0.2) is 17.1 Å². The highest BCUT2D eigenvalue weighted by Gasteiger charge is 2.46. The molecule has 1 amide bonds. The van der Waals surface area contributed by atoms with Gasteiger partial charge in [0.15, 0.2) is 0 Å². The Morgan fingerprint density at radius 2 is 2.05 bits per heavy atom. The highest BCUT2D eigenvalue weighted by Crippen LogP contribution is 2.46. The topological polar surface area (TPSA) is 71.6 Å². The van der Waals surface area contributed by atoms with Gasteiger partial charge in [-0.2, -0.15) is 0 Å². The Kier molecular flexibility index (Phi) is 3.51. The minimum Gasteiger partial charge on any atom is -0.443 e. The summed E-state index contributed by atoms with van der Waals surface area (Å²) in [5.41, 5.74) is 0.792. The number of amides is 1. The summed E-state index contributed by atoms with van der Waals surface area (Å²) in [4.78, 5) is 28.6. The maximum Gasteiger partial charge on any atom is 0.414 e. The number of pyridine rings is 1. The van der Waals surface area contributed by atoms with Gasteiger partial charge in [-0.15, -0.1) is 0 Å². The molecule has 0 unspecified atom stereocenters. The Morgan fingerprint density at radius 1 is 1.36 bits per heavy atom. The first-order chi connectivity index (χ1) is 10.3. The van der Waals surface area contributed by atoms with Gasteiger partial charge in [-0.3, -0.25) is 9.69 Å². The van der Waals surface area contributed by atoms with Crippen molar-refractivity contribution in [2.24, 2.45) is 0 Å². The molecule has 3 rings (SSSR count). The fourth-order valence-electron chi connectivity index (χ4n) is 3.25. The van der Waals surface area contributed by atoms with Crippen LogP contribution in [0.5, 0.6) is 0 Å². The predicted octanol–water partition coefficient (Wildman–Crippen LogP) is 2.18. The van der Waals surface area contributed by atoms with Crippen molar-refractivity contribution in [1.29, 1.82) is 0 Å². The number of nitrogens with one attached hydrogen (secondary N) is 1. The van der Waals surface area contributed by atoms with Crippen molar-refractivity contribution in [2.45, 2.75) is 44.6 Å². The SMILES string of the molecule is CC(C)(C)OC(=O)N1CC2(CCOCC2)c2cc(=O)[nH]cc21. The third-order valence-corrected chi connectivity index (χ3v) is 4.29. The van der Waals surface area contributed by atoms with E-state index in [0.717, 1.165) is 24.1 Å². The van der Waals surface area contributed by atoms with Crippen LogP contribution in [0.3, 0.4) is 0 Å². The first-order valence-electron chi connectivity index (χ1n) is 7.62. The van der Waals surface area contributed by atoms with Crippen LogP contribution in [0, 0.1) is 0 Å². The summed E-state index contributed by atoms with van der Waals surface area (Å²) in [6, 6.07) is 1.62. The Hall–Kier alpha value is -1.82. The molecule has 1 aromatic rings. The summed E-state index contributed by atoms with van der Waals surface area (Å²) in [6.07, 6.45) is 2.86. The first-order valence-corrected chi connectivity index (χ1v) is 7.62. The molecular weight excluding hydrogens is 284 g/mol. The van der Waals surface area contributed by atoms with Crippen molar-refractivity contribution >= 4 is 11.8 Å². The molecule has 120 valence electrons. The van der Waals surface area contributed by atoms with Gasteiger partial charge in [-0.25, -0.2) is 4.79 Å². The molecule has 0 saturated carbocycles. The van der Waals surface area contributed by atoms with Crippen LogP contribution in [0.4, 0.5) is 10.5 Å². The lowest BCUT2D eigenvalue weighted by Crippen LogP contribution is -2.42. The van der Waals surface area contributed by atoms with E-state index in [2.05, 4.69) is 4.98 Å². The lowest BCUT2D eigenvalue weighted by molar-refractivity contribution is 0.0473. The van der Waals surface area contributed by atoms with Crippen LogP contribution < -0.4 is 10.5 Å². The molecule has 2 aliphatic heterocycles. The monoisotopic (exact) mass is 306 g/mol. The highest BCUT2D eigenvalue weighted by atomic mass is 16.6. The number of aromatic amines is 1. The van der Waals surface area contributed by atoms with E-state index in [1.807, 2.05) is 20.8 Å². The number of aromatic nitrogens is 1. The number of H-pyrrole nitrogens is 1. The number of hydrogen-bond donors (Lipinski definition) is 1. The van der Waals surface area contributed by atoms with Gasteiger partial charge in [0.1, 0.15) is 5.60 Å². The zero-order chi connectivity index (χ0) is 16.0. The smallest absolute Gasteiger partial charge is 0.414 e. The summed E-state index contributed by atoms with van der Waals surface area (Å²) in [5, 5.41) is 0. The molecule has 0 aromatic carbocycles. The van der Waals surface area contributed by atoms with Crippen LogP contribution in [0.25, 0.3) is 0 Å². The second-order valence-electron chi connectivity index (χ2n) is 7.06. The normalized spacial score (nSPS) is 20.0. The second kappa shape index (κ2) is 5.12. The van der Waals surface area contributed by atoms with E-state index in [1.54, 1.807) is 17.2 Å². The Morgan fingerprint density at radius 3 is 2.68 bits per heavy atom. The fraction of sp³-hybridized carbons (Fsp3) is 0.625. The van der Waals surface area contributed by atoms with Gasteiger partial charge < -0.3 is 14.5 Å². The van der Waals surface area contributed by atoms with E-state index in [1.165, 1.54) is 0 Å². The molecule has 2 aliphatic rings. The van der Waals surface area contributed by atoms with Crippen LogP contribution in [-0.4, -0.2) is 36.4 Å². The predicted molar refractivity (Wildman–Crippen MR) is 82.4 cm³/mol. The lowest BCUT2D eigenvalue weighted by atomic mass is 9.76. The molecule has 1 fully saturated rings. The third-order valence-electron chi connectivity index (χ3n) is 4.29. The zero-order valence-electron chi connectivity index (χ0n) is 13.3. The van der Waals surface area contributed by atoms with Crippen molar-refractivity contribution in [3.05, 3.63) is 28.2 Å². The van der Waals surface area contributed by atoms with Crippen molar-refractivity contribution in [2.75, 3.05) is 24.7 Å². The number of ether oxygens (including phenoxy) is 2. The zero-order valence-corrected chi connectivity index (χ0v) is 13.3. The summed E-state index contributed by atoms with van der Waals surface area (Å²) >= 11 is 0. The molecule has 1 spiro atoms. The van der Waals surface area contributed by atoms with E-state index in [4.69, 9.17) is 9.47 Å². The Labute approximate surface area is 129 Å². The van der Waals surface area contributed by atoms with E-state index in [9.17, 15) is 9.59 Å². The van der Waals surface area contributed by atoms with E-state index in [-0.39, 0.29) is 17.1 Å². The van der Waals surface area contributed by atoms with Crippen molar-refractivity contribution < 1.29 is 14.3 Å². The molecule has 0 bridgehead atoms. The van der Waals surface area contributed by atoms with Crippen LogP contribution in [-0.2, 0) is 14.9 Å². The molecule has 0 atom stereocenters. The van der Waals surface area contributed by atoms with E-state index in [0.29, 0.717) is 19.8 Å². The molecule has 3 heterocycles. The Balaban J connectivity index is 1.99. The van der Waals surface area contributed by atoms with Crippen LogP contribution >= 0.6 is 0 Å². The van der Waals surface area contributed by atoms with Gasteiger partial charge >= 0.3 is 6.09 Å². The van der Waals surface area contributed by atoms with Crippen molar-refractivity contribution in [3.63, 3.8) is 0 Å². The van der Waals surface area contributed by atoms with Crippen LogP contribution in [0.2, 0.25) is 0 Å². The maximum absolute atomic E-state index is 12.5. The quantitative estimate of drug-likeness (QED) is 0.797. The Bertz CT molecular complexity index is 638. The summed E-state index contributed by atoms with van der Waals surface area (Å²) in [7, 11) is 0. The van der Waals surface area contributed by atoms with E-state index < -0.39 is 5.60 Å². The number of anilines is 1. The van der Waals surface area contributed by atoms with Gasteiger partial charge in [0.2, 0.25) is 5.56 Å². The summed E-state index contributed by atoms with van der Waals surface area (Å²) < 4.78 is 11.0. The van der Waals surface area contributed by atoms with Gasteiger partial charge in [-0.05, 0) is 39.2 Å². The lowest BCUT2D eigenvalue weighted by Gasteiger charge is -2.34. The number of fused-ring (bicyclic) bond motifs is 2. The van der Waals surface area contributed by atoms with Gasteiger partial charge in [0, 0.05) is 37.4 Å². The number of hydrogen-bond acceptors (Lipinski definition) is 4. The highest BCUT2D eigenvalue weighted by molar-refractivity contribution is 5.91. The van der Waals surface area contributed by atoms with Crippen molar-refractivity contribution in [3.8, 4) is 0 Å². The van der Waals surface area contributed by atoms with Gasteiger partial charge in [0.25, 0.3) is 0 Å². The molecule has 22 heavy (non-hydrogen) atoms. The van der Waals surface area contributed by atoms with Crippen molar-refractivity contribution in [1.82, 2.24) is 4.98 Å². The average Bonchev–Trinajstić information content (AvgIpc) is 2.72. The number of carbonyl (C=O) groups excluding carboxylic acids is 1. The average molecular weight is 306 g/mol. The fourth-order valence-corrected chi connectivity index (χ4v) is 3.25. The molecule has 0 aliphatic carbocycles. The second-order valence-corrected chi connectivity index (χ2v) is 7.06. The molecule has 0 radical (unpaired) electrons. The standard InChI is InChI=1S/C16H22N2O4/c1-15(2,3)22-14(20)18-10-16(4-6-21-7-5-16)11-8-13(19)17-9-12(11)18/h8-9H,4-7,10H2,1-3H3,(H,17,19). The molecule has 1 saturated heterocycles. The largest absolute Gasteiger partial charge is 0.443 e. The van der Waals surface area contributed by atoms with E-state index >= 15 is 0 Å². The summed E-state index contributed by atoms with van der Waals surface area (Å²) in [6.45, 7) is 7.37. The van der Waals surface area contributed by atoms with Gasteiger partial charge in [-0.1, -0.05) is 0 Å². The molecule has 6 heteroatoms. The molecule has 1 aromatic heterocycles. The molecular formula is C16H22N2O4. The molecule has 1 N–H and O–H groups in total. The third kappa shape index (κ3) is 2.63. The minimum absolute atomic E-state index is 0.143. The summed E-state index contributed by atoms with van der Waals surface area (Å²) in [5.74, 6) is 0. The minimum atomic E-state index is -0.551. The van der Waals surface area contributed by atoms with Gasteiger partial charge in [0.05, 0.1) is 5.69 Å². The molecule has 6 nitrogen and oxygen atoms in total. The van der Waals surface area contributed by atoms with Crippen LogP contribution in [0.1, 0.15) is 39.2 Å². The first kappa shape index (κ1) is 15.1. The maximum atomic E-state index is 12.5. The number of nitrogens with zero attached hydrogens (tertiary/aromatic N) is 1. The number of rotatable bonds is 0. The number of carbonyl (C=O) groups is 1.